The van der Waals surface area contributed by atoms with Gasteiger partial charge >= 0.3 is 0 Å². The molecule has 35 heavy (non-hydrogen) atoms. The van der Waals surface area contributed by atoms with Crippen LogP contribution < -0.4 is 5.32 Å². The van der Waals surface area contributed by atoms with Crippen LogP contribution >= 0.6 is 11.8 Å². The summed E-state index contributed by atoms with van der Waals surface area (Å²) in [4.78, 5) is 12.3. The molecule has 0 saturated carbocycles. The predicted molar refractivity (Wildman–Crippen MR) is 137 cm³/mol. The Hall–Kier alpha value is -2.68. The van der Waals surface area contributed by atoms with E-state index in [9.17, 15) is 9.90 Å². The van der Waals surface area contributed by atoms with Crippen LogP contribution in [-0.2, 0) is 22.6 Å². The second-order valence-electron chi connectivity index (χ2n) is 8.44. The molecule has 1 heterocycles. The lowest BCUT2D eigenvalue weighted by molar-refractivity contribution is -0.245. The molecule has 3 atom stereocenters. The second-order valence-corrected chi connectivity index (χ2v) is 9.59. The number of carbonyl (C=O) groups is 1. The number of thioether (sulfide) groups is 1. The first-order chi connectivity index (χ1) is 17.2. The average molecular weight is 494 g/mol. The lowest BCUT2D eigenvalue weighted by Gasteiger charge is -2.36. The second kappa shape index (κ2) is 12.9. The zero-order valence-electron chi connectivity index (χ0n) is 19.5. The number of benzene rings is 3. The monoisotopic (exact) mass is 493 g/mol. The molecular formula is C28H31NO5S. The molecule has 1 aliphatic heterocycles. The molecule has 1 fully saturated rings. The molecule has 0 radical (unpaired) electrons. The van der Waals surface area contributed by atoms with Gasteiger partial charge in [-0.05, 0) is 28.8 Å². The van der Waals surface area contributed by atoms with Crippen molar-refractivity contribution in [2.24, 2.45) is 0 Å². The summed E-state index contributed by atoms with van der Waals surface area (Å²) < 4.78 is 12.6. The quantitative estimate of drug-likeness (QED) is 0.363. The largest absolute Gasteiger partial charge is 0.396 e. The Bertz CT molecular complexity index is 1060. The van der Waals surface area contributed by atoms with Crippen LogP contribution in [0.25, 0.3) is 0 Å². The summed E-state index contributed by atoms with van der Waals surface area (Å²) in [5.74, 6) is 1.34. The first-order valence-corrected chi connectivity index (χ1v) is 12.9. The van der Waals surface area contributed by atoms with Gasteiger partial charge in [0.15, 0.2) is 6.29 Å². The Morgan fingerprint density at radius 3 is 2.26 bits per heavy atom. The number of carbonyl (C=O) groups excluding carboxylic acids is 1. The van der Waals surface area contributed by atoms with E-state index in [0.717, 1.165) is 34.4 Å². The fraction of sp³-hybridized carbons (Fsp3) is 0.321. The molecule has 1 aliphatic rings. The van der Waals surface area contributed by atoms with Crippen molar-refractivity contribution in [1.29, 1.82) is 0 Å². The van der Waals surface area contributed by atoms with Crippen LogP contribution in [0.3, 0.4) is 0 Å². The summed E-state index contributed by atoms with van der Waals surface area (Å²) in [7, 11) is 0. The molecule has 184 valence electrons. The summed E-state index contributed by atoms with van der Waals surface area (Å²) in [6.07, 6.45) is 0.0550. The van der Waals surface area contributed by atoms with Crippen molar-refractivity contribution in [1.82, 2.24) is 5.32 Å². The maximum Gasteiger partial charge on any atom is 0.251 e. The van der Waals surface area contributed by atoms with E-state index in [1.165, 1.54) is 0 Å². The van der Waals surface area contributed by atoms with Crippen LogP contribution in [0.15, 0.2) is 78.9 Å². The molecule has 3 unspecified atom stereocenters. The summed E-state index contributed by atoms with van der Waals surface area (Å²) in [6, 6.07) is 24.9. The van der Waals surface area contributed by atoms with Crippen LogP contribution in [-0.4, -0.2) is 40.3 Å². The van der Waals surface area contributed by atoms with Crippen LogP contribution in [0.1, 0.15) is 51.4 Å². The first-order valence-electron chi connectivity index (χ1n) is 11.8. The molecule has 4 rings (SSSR count). The highest BCUT2D eigenvalue weighted by Gasteiger charge is 2.32. The molecule has 0 aliphatic carbocycles. The number of amides is 1. The molecule has 0 aromatic heterocycles. The Morgan fingerprint density at radius 1 is 0.886 bits per heavy atom. The minimum absolute atomic E-state index is 0.0100. The molecule has 3 aromatic carbocycles. The molecule has 3 aromatic rings. The lowest BCUT2D eigenvalue weighted by atomic mass is 10.0. The molecule has 1 saturated heterocycles. The van der Waals surface area contributed by atoms with E-state index in [0.29, 0.717) is 17.9 Å². The van der Waals surface area contributed by atoms with Gasteiger partial charge in [0, 0.05) is 35.6 Å². The topological polar surface area (TPSA) is 88.0 Å². The third-order valence-corrected chi connectivity index (χ3v) is 6.97. The van der Waals surface area contributed by atoms with Crippen LogP contribution in [0.5, 0.6) is 0 Å². The van der Waals surface area contributed by atoms with Crippen LogP contribution in [0.2, 0.25) is 0 Å². The molecule has 1 amide bonds. The molecular weight excluding hydrogens is 462 g/mol. The van der Waals surface area contributed by atoms with Crippen molar-refractivity contribution in [3.63, 3.8) is 0 Å². The van der Waals surface area contributed by atoms with Gasteiger partial charge in [0.05, 0.1) is 25.4 Å². The third-order valence-electron chi connectivity index (χ3n) is 5.90. The minimum atomic E-state index is -0.515. The minimum Gasteiger partial charge on any atom is -0.396 e. The van der Waals surface area contributed by atoms with E-state index >= 15 is 0 Å². The van der Waals surface area contributed by atoms with Crippen molar-refractivity contribution >= 4 is 17.7 Å². The average Bonchev–Trinajstić information content (AvgIpc) is 2.92. The summed E-state index contributed by atoms with van der Waals surface area (Å²) in [6.45, 7) is 0.586. The highest BCUT2D eigenvalue weighted by molar-refractivity contribution is 7.99. The number of rotatable bonds is 10. The molecule has 7 heteroatoms. The first kappa shape index (κ1) is 25.4. The van der Waals surface area contributed by atoms with E-state index in [1.54, 1.807) is 23.9 Å². The van der Waals surface area contributed by atoms with E-state index in [2.05, 4.69) is 5.32 Å². The van der Waals surface area contributed by atoms with Crippen LogP contribution in [0.4, 0.5) is 0 Å². The Morgan fingerprint density at radius 2 is 1.57 bits per heavy atom. The van der Waals surface area contributed by atoms with Crippen LogP contribution in [0, 0.1) is 0 Å². The van der Waals surface area contributed by atoms with Crippen molar-refractivity contribution in [3.05, 3.63) is 107 Å². The third kappa shape index (κ3) is 7.16. The number of hydrogen-bond acceptors (Lipinski definition) is 6. The SMILES string of the molecule is O=C(NCc1ccc(C2OC(CSCCO)CC(c3ccc(CO)cc3)O2)cc1)c1ccccc1. The summed E-state index contributed by atoms with van der Waals surface area (Å²) in [5.41, 5.74) is 4.45. The Kier molecular flexibility index (Phi) is 9.34. The number of nitrogens with one attached hydrogen (secondary N) is 1. The standard InChI is InChI=1S/C28H31NO5S/c30-14-15-35-19-25-16-26(22-10-8-21(18-31)9-11-22)34-28(33-25)24-12-6-20(7-13-24)17-29-27(32)23-4-2-1-3-5-23/h1-13,25-26,28,30-31H,14-19H2,(H,29,32). The number of hydrogen-bond donors (Lipinski definition) is 3. The predicted octanol–water partition coefficient (Wildman–Crippen LogP) is 4.38. The van der Waals surface area contributed by atoms with Gasteiger partial charge in [0.1, 0.15) is 0 Å². The highest BCUT2D eigenvalue weighted by Crippen LogP contribution is 2.38. The maximum atomic E-state index is 12.3. The van der Waals surface area contributed by atoms with Gasteiger partial charge in [0.2, 0.25) is 0 Å². The zero-order chi connectivity index (χ0) is 24.5. The van der Waals surface area contributed by atoms with Gasteiger partial charge in [-0.15, -0.1) is 0 Å². The van der Waals surface area contributed by atoms with E-state index in [4.69, 9.17) is 14.6 Å². The fourth-order valence-corrected chi connectivity index (χ4v) is 4.74. The van der Waals surface area contributed by atoms with Gasteiger partial charge < -0.3 is 25.0 Å². The van der Waals surface area contributed by atoms with Crippen molar-refractivity contribution < 1.29 is 24.5 Å². The van der Waals surface area contributed by atoms with Gasteiger partial charge in [-0.25, -0.2) is 0 Å². The number of aliphatic hydroxyl groups is 2. The maximum absolute atomic E-state index is 12.3. The van der Waals surface area contributed by atoms with Crippen molar-refractivity contribution in [2.45, 2.75) is 38.1 Å². The lowest BCUT2D eigenvalue weighted by Crippen LogP contribution is -2.31. The highest BCUT2D eigenvalue weighted by atomic mass is 32.2. The fourth-order valence-electron chi connectivity index (χ4n) is 3.97. The van der Waals surface area contributed by atoms with Gasteiger partial charge in [-0.2, -0.15) is 11.8 Å². The van der Waals surface area contributed by atoms with Crippen molar-refractivity contribution in [2.75, 3.05) is 18.1 Å². The molecule has 3 N–H and O–H groups in total. The number of ether oxygens (including phenoxy) is 2. The molecule has 0 spiro atoms. The van der Waals surface area contributed by atoms with E-state index in [-0.39, 0.29) is 31.3 Å². The Labute approximate surface area is 210 Å². The van der Waals surface area contributed by atoms with E-state index in [1.807, 2.05) is 66.7 Å². The zero-order valence-corrected chi connectivity index (χ0v) is 20.3. The summed E-state index contributed by atoms with van der Waals surface area (Å²) in [5, 5.41) is 21.4. The van der Waals surface area contributed by atoms with Gasteiger partial charge in [-0.1, -0.05) is 66.7 Å². The molecule has 0 bridgehead atoms. The normalized spacial score (nSPS) is 19.9. The molecule has 6 nitrogen and oxygen atoms in total. The smallest absolute Gasteiger partial charge is 0.251 e. The van der Waals surface area contributed by atoms with E-state index < -0.39 is 6.29 Å². The number of aliphatic hydroxyl groups excluding tert-OH is 2. The summed E-state index contributed by atoms with van der Waals surface area (Å²) >= 11 is 1.67. The van der Waals surface area contributed by atoms with Crippen molar-refractivity contribution in [3.8, 4) is 0 Å². The van der Waals surface area contributed by atoms with Gasteiger partial charge in [0.25, 0.3) is 5.91 Å². The Balaban J connectivity index is 1.42. The van der Waals surface area contributed by atoms with Gasteiger partial charge in [-0.3, -0.25) is 4.79 Å².